The highest BCUT2D eigenvalue weighted by Gasteiger charge is 2.26. The van der Waals surface area contributed by atoms with E-state index in [9.17, 15) is 9.18 Å². The number of hydrogen-bond donors (Lipinski definition) is 1. The summed E-state index contributed by atoms with van der Waals surface area (Å²) in [4.78, 5) is 15.0. The maximum Gasteiger partial charge on any atom is 0.227 e. The highest BCUT2D eigenvalue weighted by Crippen LogP contribution is 2.30. The molecule has 0 aliphatic carbocycles. The first kappa shape index (κ1) is 21.3. The Bertz CT molecular complexity index is 1040. The topological polar surface area (TPSA) is 41.6 Å². The summed E-state index contributed by atoms with van der Waals surface area (Å²) in [5, 5.41) is 3.42. The second-order valence-electron chi connectivity index (χ2n) is 7.69. The smallest absolute Gasteiger partial charge is 0.227 e. The van der Waals surface area contributed by atoms with Crippen molar-refractivity contribution in [3.63, 3.8) is 0 Å². The van der Waals surface area contributed by atoms with E-state index < -0.39 is 0 Å². The molecule has 1 N–H and O–H groups in total. The van der Waals surface area contributed by atoms with E-state index in [-0.39, 0.29) is 17.6 Å². The Morgan fingerprint density at radius 2 is 1.74 bits per heavy atom. The molecular weight excluding hydrogens is 415 g/mol. The SMILES string of the molecule is O=C(Nc1ccccc1Oc1ccccc1)C1CCN(Cc2ccc(Cl)cc2F)CC1. The molecule has 0 aromatic heterocycles. The predicted molar refractivity (Wildman–Crippen MR) is 121 cm³/mol. The van der Waals surface area contributed by atoms with Gasteiger partial charge >= 0.3 is 0 Å². The Morgan fingerprint density at radius 1 is 1.03 bits per heavy atom. The largest absolute Gasteiger partial charge is 0.455 e. The molecule has 31 heavy (non-hydrogen) atoms. The fourth-order valence-corrected chi connectivity index (χ4v) is 3.91. The van der Waals surface area contributed by atoms with Gasteiger partial charge in [-0.1, -0.05) is 48.0 Å². The molecule has 1 saturated heterocycles. The van der Waals surface area contributed by atoms with Gasteiger partial charge in [0.05, 0.1) is 5.69 Å². The average Bonchev–Trinajstić information content (AvgIpc) is 2.78. The van der Waals surface area contributed by atoms with Crippen molar-refractivity contribution in [2.24, 2.45) is 5.92 Å². The highest BCUT2D eigenvalue weighted by molar-refractivity contribution is 6.30. The summed E-state index contributed by atoms with van der Waals surface area (Å²) in [6.45, 7) is 2.00. The lowest BCUT2D eigenvalue weighted by atomic mass is 9.95. The second kappa shape index (κ2) is 9.94. The van der Waals surface area contributed by atoms with Gasteiger partial charge in [-0.2, -0.15) is 0 Å². The van der Waals surface area contributed by atoms with Crippen LogP contribution in [0.4, 0.5) is 10.1 Å². The van der Waals surface area contributed by atoms with Crippen LogP contribution in [0.1, 0.15) is 18.4 Å². The van der Waals surface area contributed by atoms with Crippen LogP contribution in [-0.4, -0.2) is 23.9 Å². The maximum atomic E-state index is 14.1. The van der Waals surface area contributed by atoms with E-state index in [1.807, 2.05) is 54.6 Å². The van der Waals surface area contributed by atoms with Gasteiger partial charge in [0.25, 0.3) is 0 Å². The minimum atomic E-state index is -0.289. The lowest BCUT2D eigenvalue weighted by molar-refractivity contribution is -0.121. The van der Waals surface area contributed by atoms with Crippen LogP contribution in [-0.2, 0) is 11.3 Å². The van der Waals surface area contributed by atoms with E-state index >= 15 is 0 Å². The molecule has 1 aliphatic heterocycles. The molecule has 6 heteroatoms. The first-order valence-electron chi connectivity index (χ1n) is 10.4. The number of carbonyl (C=O) groups is 1. The minimum absolute atomic E-state index is 0.0126. The first-order chi connectivity index (χ1) is 15.1. The van der Waals surface area contributed by atoms with Crippen molar-refractivity contribution in [3.8, 4) is 11.5 Å². The third kappa shape index (κ3) is 5.63. The second-order valence-corrected chi connectivity index (χ2v) is 8.12. The Hall–Kier alpha value is -2.89. The molecule has 1 amide bonds. The number of likely N-dealkylation sites (tertiary alicyclic amines) is 1. The van der Waals surface area contributed by atoms with Crippen molar-refractivity contribution in [1.82, 2.24) is 4.90 Å². The quantitative estimate of drug-likeness (QED) is 0.504. The molecule has 1 fully saturated rings. The number of halogens is 2. The normalized spacial score (nSPS) is 14.9. The number of ether oxygens (including phenoxy) is 1. The molecule has 0 bridgehead atoms. The van der Waals surface area contributed by atoms with Gasteiger partial charge in [-0.25, -0.2) is 4.39 Å². The molecular formula is C25H24ClFN2O2. The van der Waals surface area contributed by atoms with Gasteiger partial charge in [-0.05, 0) is 62.3 Å². The van der Waals surface area contributed by atoms with Crippen LogP contribution in [0, 0.1) is 11.7 Å². The van der Waals surface area contributed by atoms with Gasteiger partial charge in [0.2, 0.25) is 5.91 Å². The van der Waals surface area contributed by atoms with Gasteiger partial charge in [0, 0.05) is 23.0 Å². The van der Waals surface area contributed by atoms with Crippen LogP contribution in [0.3, 0.4) is 0 Å². The molecule has 0 atom stereocenters. The van der Waals surface area contributed by atoms with E-state index in [1.54, 1.807) is 12.1 Å². The molecule has 0 saturated carbocycles. The predicted octanol–water partition coefficient (Wildman–Crippen LogP) is 6.12. The Morgan fingerprint density at radius 3 is 2.48 bits per heavy atom. The molecule has 1 heterocycles. The minimum Gasteiger partial charge on any atom is -0.455 e. The van der Waals surface area contributed by atoms with Crippen molar-refractivity contribution >= 4 is 23.2 Å². The first-order valence-corrected chi connectivity index (χ1v) is 10.8. The van der Waals surface area contributed by atoms with Crippen LogP contribution in [0.15, 0.2) is 72.8 Å². The summed E-state index contributed by atoms with van der Waals surface area (Å²) in [6.07, 6.45) is 1.45. The number of amides is 1. The van der Waals surface area contributed by atoms with Crippen LogP contribution < -0.4 is 10.1 Å². The summed E-state index contributed by atoms with van der Waals surface area (Å²) in [5.41, 5.74) is 1.28. The number of carbonyl (C=O) groups excluding carboxylic acids is 1. The average molecular weight is 439 g/mol. The number of piperidine rings is 1. The van der Waals surface area contributed by atoms with Crippen LogP contribution in [0.25, 0.3) is 0 Å². The van der Waals surface area contributed by atoms with Crippen LogP contribution >= 0.6 is 11.6 Å². The Labute approximate surface area is 186 Å². The molecule has 160 valence electrons. The zero-order valence-corrected chi connectivity index (χ0v) is 17.8. The Balaban J connectivity index is 1.33. The van der Waals surface area contributed by atoms with Crippen molar-refractivity contribution in [2.75, 3.05) is 18.4 Å². The fourth-order valence-electron chi connectivity index (χ4n) is 3.75. The number of nitrogens with one attached hydrogen (secondary N) is 1. The van der Waals surface area contributed by atoms with Gasteiger partial charge in [-0.3, -0.25) is 9.69 Å². The van der Waals surface area contributed by atoms with Crippen LogP contribution in [0.5, 0.6) is 11.5 Å². The van der Waals surface area contributed by atoms with Gasteiger partial charge in [-0.15, -0.1) is 0 Å². The lowest BCUT2D eigenvalue weighted by Crippen LogP contribution is -2.38. The maximum absolute atomic E-state index is 14.1. The number of anilines is 1. The zero-order chi connectivity index (χ0) is 21.6. The molecule has 3 aromatic rings. The van der Waals surface area contributed by atoms with Crippen molar-refractivity contribution < 1.29 is 13.9 Å². The molecule has 0 spiro atoms. The van der Waals surface area contributed by atoms with Gasteiger partial charge < -0.3 is 10.1 Å². The summed E-state index contributed by atoms with van der Waals surface area (Å²) >= 11 is 5.83. The third-order valence-electron chi connectivity index (χ3n) is 5.48. The molecule has 4 nitrogen and oxygen atoms in total. The molecule has 3 aromatic carbocycles. The summed E-state index contributed by atoms with van der Waals surface area (Å²) in [7, 11) is 0. The fraction of sp³-hybridized carbons (Fsp3) is 0.240. The van der Waals surface area contributed by atoms with E-state index in [1.165, 1.54) is 6.07 Å². The van der Waals surface area contributed by atoms with Gasteiger partial charge in [0.1, 0.15) is 11.6 Å². The van der Waals surface area contributed by atoms with Crippen molar-refractivity contribution in [1.29, 1.82) is 0 Å². The van der Waals surface area contributed by atoms with Crippen LogP contribution in [0.2, 0.25) is 5.02 Å². The number of benzene rings is 3. The monoisotopic (exact) mass is 438 g/mol. The Kier molecular flexibility index (Phi) is 6.85. The summed E-state index contributed by atoms with van der Waals surface area (Å²) in [5.74, 6) is 0.935. The summed E-state index contributed by atoms with van der Waals surface area (Å²) < 4.78 is 20.0. The van der Waals surface area contributed by atoms with E-state index in [2.05, 4.69) is 10.2 Å². The number of para-hydroxylation sites is 3. The number of hydrogen-bond acceptors (Lipinski definition) is 3. The number of rotatable bonds is 6. The molecule has 0 radical (unpaired) electrons. The molecule has 4 rings (SSSR count). The lowest BCUT2D eigenvalue weighted by Gasteiger charge is -2.31. The van der Waals surface area contributed by atoms with E-state index in [0.717, 1.165) is 25.9 Å². The molecule has 0 unspecified atom stereocenters. The highest BCUT2D eigenvalue weighted by atomic mass is 35.5. The van der Waals surface area contributed by atoms with Crippen molar-refractivity contribution in [3.05, 3.63) is 89.2 Å². The van der Waals surface area contributed by atoms with Crippen molar-refractivity contribution in [2.45, 2.75) is 19.4 Å². The van der Waals surface area contributed by atoms with E-state index in [0.29, 0.717) is 34.3 Å². The van der Waals surface area contributed by atoms with Gasteiger partial charge in [0.15, 0.2) is 5.75 Å². The standard InChI is InChI=1S/C25H24ClFN2O2/c26-20-11-10-19(22(27)16-20)17-29-14-12-18(13-15-29)25(30)28-23-8-4-5-9-24(23)31-21-6-2-1-3-7-21/h1-11,16,18H,12-15,17H2,(H,28,30). The third-order valence-corrected chi connectivity index (χ3v) is 5.72. The zero-order valence-electron chi connectivity index (χ0n) is 17.1. The molecule has 1 aliphatic rings. The number of nitrogens with zero attached hydrogens (tertiary/aromatic N) is 1. The summed E-state index contributed by atoms with van der Waals surface area (Å²) in [6, 6.07) is 21.7. The van der Waals surface area contributed by atoms with E-state index in [4.69, 9.17) is 16.3 Å².